The lowest BCUT2D eigenvalue weighted by Gasteiger charge is -2.40. The van der Waals surface area contributed by atoms with Crippen LogP contribution in [0.15, 0.2) is 28.7 Å². The van der Waals surface area contributed by atoms with Gasteiger partial charge in [-0.3, -0.25) is 9.69 Å². The summed E-state index contributed by atoms with van der Waals surface area (Å²) < 4.78 is 38.9. The zero-order valence-electron chi connectivity index (χ0n) is 10.3. The highest BCUT2D eigenvalue weighted by molar-refractivity contribution is 9.10. The molecule has 1 aromatic carbocycles. The van der Waals surface area contributed by atoms with Crippen LogP contribution in [-0.2, 0) is 4.79 Å². The second-order valence-electron chi connectivity index (χ2n) is 4.83. The van der Waals surface area contributed by atoms with Gasteiger partial charge in [0.1, 0.15) is 0 Å². The van der Waals surface area contributed by atoms with Crippen LogP contribution < -0.4 is 4.90 Å². The number of hydrogen-bond donors (Lipinski definition) is 0. The van der Waals surface area contributed by atoms with Crippen LogP contribution in [0, 0.1) is 0 Å². The van der Waals surface area contributed by atoms with Crippen LogP contribution in [0.25, 0.3) is 6.08 Å². The molecule has 0 spiro atoms. The first-order valence-electron chi connectivity index (χ1n) is 5.53. The van der Waals surface area contributed by atoms with Gasteiger partial charge < -0.3 is 0 Å². The number of fused-ring (bicyclic) bond motifs is 1. The summed E-state index contributed by atoms with van der Waals surface area (Å²) in [6.45, 7) is 3.14. The fourth-order valence-corrected chi connectivity index (χ4v) is 2.42. The van der Waals surface area contributed by atoms with E-state index in [2.05, 4.69) is 15.9 Å². The number of carbonyl (C=O) groups is 1. The molecule has 1 heterocycles. The molecule has 2 nitrogen and oxygen atoms in total. The Labute approximate surface area is 117 Å². The van der Waals surface area contributed by atoms with E-state index in [4.69, 9.17) is 0 Å². The highest BCUT2D eigenvalue weighted by atomic mass is 79.9. The van der Waals surface area contributed by atoms with E-state index in [1.54, 1.807) is 38.1 Å². The van der Waals surface area contributed by atoms with Gasteiger partial charge in [-0.25, -0.2) is 0 Å². The minimum Gasteiger partial charge on any atom is -0.295 e. The SMILES string of the molecule is CC1(C)C=Cc2cc(Br)ccc2N1C(=O)C(F)(F)F. The van der Waals surface area contributed by atoms with Crippen molar-refractivity contribution >= 4 is 33.6 Å². The van der Waals surface area contributed by atoms with Gasteiger partial charge in [-0.2, -0.15) is 13.2 Å². The lowest BCUT2D eigenvalue weighted by molar-refractivity contribution is -0.171. The zero-order valence-corrected chi connectivity index (χ0v) is 11.8. The number of benzene rings is 1. The predicted octanol–water partition coefficient (Wildman–Crippen LogP) is 4.15. The Bertz CT molecular complexity index is 563. The average Bonchev–Trinajstić information content (AvgIpc) is 2.27. The third-order valence-corrected chi connectivity index (χ3v) is 3.42. The van der Waals surface area contributed by atoms with Crippen LogP contribution >= 0.6 is 15.9 Å². The second kappa shape index (κ2) is 4.37. The molecule has 0 aromatic heterocycles. The van der Waals surface area contributed by atoms with Crippen LogP contribution in [0.1, 0.15) is 19.4 Å². The Morgan fingerprint density at radius 3 is 2.53 bits per heavy atom. The van der Waals surface area contributed by atoms with Crippen LogP contribution in [0.2, 0.25) is 0 Å². The molecular weight excluding hydrogens is 323 g/mol. The Kier molecular flexibility index (Phi) is 3.24. The minimum atomic E-state index is -4.90. The Morgan fingerprint density at radius 2 is 1.95 bits per heavy atom. The molecular formula is C13H11BrF3NO. The maximum absolute atomic E-state index is 12.7. The standard InChI is InChI=1S/C13H11BrF3NO/c1-12(2)6-5-8-7-9(14)3-4-10(8)18(12)11(19)13(15,16)17/h3-7H,1-2H3. The molecule has 0 atom stereocenters. The number of rotatable bonds is 0. The molecule has 102 valence electrons. The van der Waals surface area contributed by atoms with Crippen molar-refractivity contribution in [1.29, 1.82) is 0 Å². The van der Waals surface area contributed by atoms with Gasteiger partial charge in [0.25, 0.3) is 0 Å². The van der Waals surface area contributed by atoms with Crippen LogP contribution in [0.4, 0.5) is 18.9 Å². The molecule has 6 heteroatoms. The molecule has 0 aliphatic carbocycles. The van der Waals surface area contributed by atoms with Gasteiger partial charge >= 0.3 is 12.1 Å². The Morgan fingerprint density at radius 1 is 1.32 bits per heavy atom. The van der Waals surface area contributed by atoms with Gasteiger partial charge in [0.2, 0.25) is 0 Å². The van der Waals surface area contributed by atoms with Gasteiger partial charge in [0.05, 0.1) is 11.2 Å². The quantitative estimate of drug-likeness (QED) is 0.698. The number of alkyl halides is 3. The fourth-order valence-electron chi connectivity index (χ4n) is 2.04. The summed E-state index contributed by atoms with van der Waals surface area (Å²) in [7, 11) is 0. The monoisotopic (exact) mass is 333 g/mol. The zero-order chi connectivity index (χ0) is 14.4. The van der Waals surface area contributed by atoms with Crippen LogP contribution in [-0.4, -0.2) is 17.6 Å². The number of hydrogen-bond acceptors (Lipinski definition) is 1. The average molecular weight is 334 g/mol. The normalized spacial score (nSPS) is 17.3. The molecule has 0 saturated carbocycles. The van der Waals surface area contributed by atoms with E-state index in [-0.39, 0.29) is 5.69 Å². The fraction of sp³-hybridized carbons (Fsp3) is 0.308. The van der Waals surface area contributed by atoms with Crippen LogP contribution in [0.3, 0.4) is 0 Å². The number of anilines is 1. The number of amides is 1. The van der Waals surface area contributed by atoms with Gasteiger partial charge in [0.15, 0.2) is 0 Å². The Hall–Kier alpha value is -1.30. The third-order valence-electron chi connectivity index (χ3n) is 2.92. The van der Waals surface area contributed by atoms with E-state index in [0.29, 0.717) is 5.56 Å². The van der Waals surface area contributed by atoms with E-state index in [0.717, 1.165) is 9.37 Å². The Balaban J connectivity index is 2.59. The summed E-state index contributed by atoms with van der Waals surface area (Å²) in [5.41, 5.74) is -0.183. The smallest absolute Gasteiger partial charge is 0.295 e. The van der Waals surface area contributed by atoms with Gasteiger partial charge in [-0.05, 0) is 37.6 Å². The molecule has 0 N–H and O–H groups in total. The molecule has 0 fully saturated rings. The molecule has 1 aromatic rings. The third kappa shape index (κ3) is 2.54. The summed E-state index contributed by atoms with van der Waals surface area (Å²) in [4.78, 5) is 12.4. The molecule has 1 aliphatic rings. The molecule has 0 bridgehead atoms. The second-order valence-corrected chi connectivity index (χ2v) is 5.74. The lowest BCUT2D eigenvalue weighted by atomic mass is 9.93. The van der Waals surface area contributed by atoms with E-state index in [1.807, 2.05) is 0 Å². The summed E-state index contributed by atoms with van der Waals surface area (Å²) in [5, 5.41) is 0. The van der Waals surface area contributed by atoms with E-state index < -0.39 is 17.6 Å². The van der Waals surface area contributed by atoms with Gasteiger partial charge in [-0.1, -0.05) is 28.1 Å². The topological polar surface area (TPSA) is 20.3 Å². The molecule has 0 unspecified atom stereocenters. The number of nitrogens with zero attached hydrogens (tertiary/aromatic N) is 1. The molecule has 1 amide bonds. The maximum atomic E-state index is 12.7. The van der Waals surface area contributed by atoms with E-state index in [9.17, 15) is 18.0 Å². The van der Waals surface area contributed by atoms with Gasteiger partial charge in [0, 0.05) is 4.47 Å². The van der Waals surface area contributed by atoms with Crippen molar-refractivity contribution in [3.63, 3.8) is 0 Å². The van der Waals surface area contributed by atoms with Gasteiger partial charge in [-0.15, -0.1) is 0 Å². The van der Waals surface area contributed by atoms with Crippen LogP contribution in [0.5, 0.6) is 0 Å². The van der Waals surface area contributed by atoms with Crippen molar-refractivity contribution in [3.8, 4) is 0 Å². The number of halogens is 4. The van der Waals surface area contributed by atoms with Crippen molar-refractivity contribution in [2.24, 2.45) is 0 Å². The van der Waals surface area contributed by atoms with Crippen molar-refractivity contribution in [2.45, 2.75) is 25.6 Å². The predicted molar refractivity (Wildman–Crippen MR) is 70.8 cm³/mol. The molecule has 0 radical (unpaired) electrons. The first-order valence-corrected chi connectivity index (χ1v) is 6.32. The van der Waals surface area contributed by atoms with Crippen molar-refractivity contribution in [3.05, 3.63) is 34.3 Å². The highest BCUT2D eigenvalue weighted by Crippen LogP contribution is 2.38. The molecule has 19 heavy (non-hydrogen) atoms. The summed E-state index contributed by atoms with van der Waals surface area (Å²) in [6.07, 6.45) is -1.58. The summed E-state index contributed by atoms with van der Waals surface area (Å²) >= 11 is 3.26. The van der Waals surface area contributed by atoms with E-state index >= 15 is 0 Å². The lowest BCUT2D eigenvalue weighted by Crippen LogP contribution is -2.53. The van der Waals surface area contributed by atoms with Crippen molar-refractivity contribution in [1.82, 2.24) is 0 Å². The first-order chi connectivity index (χ1) is 8.63. The van der Waals surface area contributed by atoms with Crippen molar-refractivity contribution in [2.75, 3.05) is 4.90 Å². The molecule has 1 aliphatic heterocycles. The summed E-state index contributed by atoms with van der Waals surface area (Å²) in [6, 6.07) is 4.80. The highest BCUT2D eigenvalue weighted by Gasteiger charge is 2.48. The largest absolute Gasteiger partial charge is 0.471 e. The molecule has 2 rings (SSSR count). The maximum Gasteiger partial charge on any atom is 0.471 e. The first kappa shape index (κ1) is 14.1. The van der Waals surface area contributed by atoms with Crippen molar-refractivity contribution < 1.29 is 18.0 Å². The van der Waals surface area contributed by atoms with E-state index in [1.165, 1.54) is 6.07 Å². The molecule has 0 saturated heterocycles. The summed E-state index contributed by atoms with van der Waals surface area (Å²) in [5.74, 6) is -1.86. The minimum absolute atomic E-state index is 0.262. The number of carbonyl (C=O) groups excluding carboxylic acids is 1.